The van der Waals surface area contributed by atoms with E-state index in [1.165, 1.54) is 12.1 Å². The van der Waals surface area contributed by atoms with Crippen LogP contribution in [0.15, 0.2) is 72.8 Å². The van der Waals surface area contributed by atoms with Crippen LogP contribution in [0.4, 0.5) is 24.5 Å². The molecule has 176 valence electrons. The number of aliphatic hydroxyl groups is 1. The summed E-state index contributed by atoms with van der Waals surface area (Å²) >= 11 is 0. The number of carbonyl (C=O) groups is 1. The first-order valence-electron chi connectivity index (χ1n) is 10.7. The van der Waals surface area contributed by atoms with Gasteiger partial charge in [0.15, 0.2) is 0 Å². The number of rotatable bonds is 6. The van der Waals surface area contributed by atoms with Crippen molar-refractivity contribution in [2.75, 3.05) is 5.32 Å². The maximum Gasteiger partial charge on any atom is 0.416 e. The van der Waals surface area contributed by atoms with Gasteiger partial charge in [0.1, 0.15) is 5.69 Å². The molecular weight excluding hydrogens is 443 g/mol. The molecule has 0 aliphatic carbocycles. The maximum atomic E-state index is 13.4. The lowest BCUT2D eigenvalue weighted by atomic mass is 10.1. The number of halogens is 3. The highest BCUT2D eigenvalue weighted by molar-refractivity contribution is 6.09. The number of aromatic nitrogens is 1. The molecule has 0 fully saturated rings. The Balaban J connectivity index is 1.70. The maximum absolute atomic E-state index is 13.4. The Morgan fingerprint density at radius 1 is 1.03 bits per heavy atom. The standard InChI is InChI=1S/C26H24F3N3O2/c1-16(18-12-10-17(15-33)11-13-18)30-25(34)24-23(21-8-3-4-9-22(21)32(24)2)31-20-7-5-6-19(14-20)26(27,28)29/h3-14,16,31,33H,15H2,1-2H3,(H,30,34)/t16-/m0/s1. The summed E-state index contributed by atoms with van der Waals surface area (Å²) in [6, 6.07) is 19.1. The molecule has 0 aliphatic heterocycles. The van der Waals surface area contributed by atoms with Crippen LogP contribution < -0.4 is 10.6 Å². The van der Waals surface area contributed by atoms with Crippen LogP contribution in [-0.2, 0) is 19.8 Å². The fourth-order valence-electron chi connectivity index (χ4n) is 3.96. The highest BCUT2D eigenvalue weighted by Gasteiger charge is 2.31. The fraction of sp³-hybridized carbons (Fsp3) is 0.192. The number of hydrogen-bond acceptors (Lipinski definition) is 3. The Hall–Kier alpha value is -3.78. The van der Waals surface area contributed by atoms with E-state index in [0.717, 1.165) is 28.8 Å². The number of amides is 1. The molecule has 1 atom stereocenters. The van der Waals surface area contributed by atoms with Crippen molar-refractivity contribution in [1.82, 2.24) is 9.88 Å². The van der Waals surface area contributed by atoms with Gasteiger partial charge in [-0.25, -0.2) is 0 Å². The van der Waals surface area contributed by atoms with Crippen molar-refractivity contribution in [2.24, 2.45) is 7.05 Å². The molecule has 34 heavy (non-hydrogen) atoms. The number of nitrogens with zero attached hydrogens (tertiary/aromatic N) is 1. The van der Waals surface area contributed by atoms with Crippen molar-refractivity contribution in [3.63, 3.8) is 0 Å². The number of alkyl halides is 3. The minimum absolute atomic E-state index is 0.0679. The first kappa shape index (κ1) is 23.4. The lowest BCUT2D eigenvalue weighted by Crippen LogP contribution is -2.28. The zero-order chi connectivity index (χ0) is 24.5. The van der Waals surface area contributed by atoms with E-state index >= 15 is 0 Å². The second-order valence-corrected chi connectivity index (χ2v) is 8.10. The monoisotopic (exact) mass is 467 g/mol. The zero-order valence-corrected chi connectivity index (χ0v) is 18.6. The number of anilines is 2. The number of nitrogens with one attached hydrogen (secondary N) is 2. The van der Waals surface area contributed by atoms with Crippen molar-refractivity contribution in [3.8, 4) is 0 Å². The van der Waals surface area contributed by atoms with Crippen LogP contribution >= 0.6 is 0 Å². The average Bonchev–Trinajstić information content (AvgIpc) is 3.10. The molecule has 5 nitrogen and oxygen atoms in total. The van der Waals surface area contributed by atoms with Crippen LogP contribution in [0.1, 0.15) is 40.1 Å². The van der Waals surface area contributed by atoms with Crippen LogP contribution in [0, 0.1) is 0 Å². The Morgan fingerprint density at radius 3 is 2.41 bits per heavy atom. The minimum Gasteiger partial charge on any atom is -0.392 e. The largest absolute Gasteiger partial charge is 0.416 e. The average molecular weight is 467 g/mol. The molecule has 0 saturated heterocycles. The molecule has 8 heteroatoms. The zero-order valence-electron chi connectivity index (χ0n) is 18.6. The molecule has 0 bridgehead atoms. The lowest BCUT2D eigenvalue weighted by Gasteiger charge is -2.17. The van der Waals surface area contributed by atoms with E-state index in [9.17, 15) is 23.1 Å². The van der Waals surface area contributed by atoms with E-state index in [2.05, 4.69) is 10.6 Å². The topological polar surface area (TPSA) is 66.3 Å². The summed E-state index contributed by atoms with van der Waals surface area (Å²) < 4.78 is 41.4. The molecule has 3 N–H and O–H groups in total. The Labute approximate surface area is 194 Å². The van der Waals surface area contributed by atoms with Gasteiger partial charge in [0.25, 0.3) is 5.91 Å². The van der Waals surface area contributed by atoms with Crippen molar-refractivity contribution < 1.29 is 23.1 Å². The number of hydrogen-bond donors (Lipinski definition) is 3. The molecule has 3 aromatic carbocycles. The summed E-state index contributed by atoms with van der Waals surface area (Å²) in [5, 5.41) is 16.0. The summed E-state index contributed by atoms with van der Waals surface area (Å²) in [4.78, 5) is 13.4. The number of carbonyl (C=O) groups excluding carboxylic acids is 1. The number of aliphatic hydroxyl groups excluding tert-OH is 1. The second-order valence-electron chi connectivity index (χ2n) is 8.10. The first-order chi connectivity index (χ1) is 16.2. The summed E-state index contributed by atoms with van der Waals surface area (Å²) in [5.74, 6) is -0.369. The highest BCUT2D eigenvalue weighted by Crippen LogP contribution is 2.35. The Kier molecular flexibility index (Phi) is 6.34. The van der Waals surface area contributed by atoms with Crippen molar-refractivity contribution in [3.05, 3.63) is 95.2 Å². The van der Waals surface area contributed by atoms with E-state index in [0.29, 0.717) is 16.8 Å². The van der Waals surface area contributed by atoms with E-state index in [1.54, 1.807) is 23.7 Å². The van der Waals surface area contributed by atoms with Gasteiger partial charge in [0, 0.05) is 18.1 Å². The highest BCUT2D eigenvalue weighted by atomic mass is 19.4. The molecule has 4 rings (SSSR count). The molecule has 0 unspecified atom stereocenters. The predicted molar refractivity (Wildman–Crippen MR) is 126 cm³/mol. The second kappa shape index (κ2) is 9.23. The van der Waals surface area contributed by atoms with Crippen molar-refractivity contribution in [2.45, 2.75) is 25.7 Å². The fourth-order valence-corrected chi connectivity index (χ4v) is 3.96. The Morgan fingerprint density at radius 2 is 1.74 bits per heavy atom. The molecular formula is C26H24F3N3O2. The van der Waals surface area contributed by atoms with Crippen LogP contribution in [0.5, 0.6) is 0 Å². The SMILES string of the molecule is C[C@H](NC(=O)c1c(Nc2cccc(C(F)(F)F)c2)c2ccccc2n1C)c1ccc(CO)cc1. The van der Waals surface area contributed by atoms with Crippen molar-refractivity contribution >= 4 is 28.2 Å². The molecule has 0 saturated carbocycles. The molecule has 4 aromatic rings. The third-order valence-electron chi connectivity index (χ3n) is 5.79. The van der Waals surface area contributed by atoms with Crippen LogP contribution in [0.3, 0.4) is 0 Å². The van der Waals surface area contributed by atoms with E-state index in [1.807, 2.05) is 43.3 Å². The van der Waals surface area contributed by atoms with Gasteiger partial charge in [0.2, 0.25) is 0 Å². The van der Waals surface area contributed by atoms with E-state index in [-0.39, 0.29) is 24.2 Å². The number of benzene rings is 3. The van der Waals surface area contributed by atoms with Gasteiger partial charge in [-0.15, -0.1) is 0 Å². The van der Waals surface area contributed by atoms with Crippen LogP contribution in [-0.4, -0.2) is 15.6 Å². The lowest BCUT2D eigenvalue weighted by molar-refractivity contribution is -0.137. The third-order valence-corrected chi connectivity index (χ3v) is 5.79. The van der Waals surface area contributed by atoms with Gasteiger partial charge < -0.3 is 20.3 Å². The Bertz CT molecular complexity index is 1330. The van der Waals surface area contributed by atoms with Crippen LogP contribution in [0.25, 0.3) is 10.9 Å². The van der Waals surface area contributed by atoms with Gasteiger partial charge in [-0.05, 0) is 42.3 Å². The van der Waals surface area contributed by atoms with Gasteiger partial charge in [-0.2, -0.15) is 13.2 Å². The van der Waals surface area contributed by atoms with Gasteiger partial charge in [-0.3, -0.25) is 4.79 Å². The minimum atomic E-state index is -4.47. The van der Waals surface area contributed by atoms with Gasteiger partial charge >= 0.3 is 6.18 Å². The molecule has 0 aliphatic rings. The smallest absolute Gasteiger partial charge is 0.392 e. The molecule has 1 amide bonds. The molecule has 1 heterocycles. The normalized spacial score (nSPS) is 12.5. The summed E-state index contributed by atoms with van der Waals surface area (Å²) in [6.07, 6.45) is -4.47. The molecule has 0 spiro atoms. The molecule has 0 radical (unpaired) electrons. The summed E-state index contributed by atoms with van der Waals surface area (Å²) in [5.41, 5.74) is 2.58. The van der Waals surface area contributed by atoms with Gasteiger partial charge in [0.05, 0.1) is 29.4 Å². The van der Waals surface area contributed by atoms with E-state index < -0.39 is 11.7 Å². The number of aryl methyl sites for hydroxylation is 1. The van der Waals surface area contributed by atoms with Crippen molar-refractivity contribution in [1.29, 1.82) is 0 Å². The summed E-state index contributed by atoms with van der Waals surface area (Å²) in [7, 11) is 1.75. The molecule has 1 aromatic heterocycles. The number of fused-ring (bicyclic) bond motifs is 1. The number of para-hydroxylation sites is 1. The quantitative estimate of drug-likeness (QED) is 0.330. The van der Waals surface area contributed by atoms with E-state index in [4.69, 9.17) is 0 Å². The van der Waals surface area contributed by atoms with Crippen LogP contribution in [0.2, 0.25) is 0 Å². The predicted octanol–water partition coefficient (Wildman–Crippen LogP) is 5.92. The third kappa shape index (κ3) is 4.63. The first-order valence-corrected chi connectivity index (χ1v) is 10.7. The summed E-state index contributed by atoms with van der Waals surface area (Å²) in [6.45, 7) is 1.77. The van der Waals surface area contributed by atoms with Gasteiger partial charge in [-0.1, -0.05) is 48.5 Å².